The van der Waals surface area contributed by atoms with E-state index in [9.17, 15) is 4.79 Å². The minimum atomic E-state index is -0.515. The molecular weight excluding hydrogens is 244 g/mol. The number of rotatable bonds is 5. The first-order valence-corrected chi connectivity index (χ1v) is 6.43. The summed E-state index contributed by atoms with van der Waals surface area (Å²) in [4.78, 5) is 11.7. The summed E-state index contributed by atoms with van der Waals surface area (Å²) in [5.74, 6) is 0.927. The molecule has 0 radical (unpaired) electrons. The van der Waals surface area contributed by atoms with Crippen molar-refractivity contribution in [3.05, 3.63) is 24.3 Å². The van der Waals surface area contributed by atoms with Gasteiger partial charge in [0, 0.05) is 6.61 Å². The zero-order valence-corrected chi connectivity index (χ0v) is 12.2. The monoisotopic (exact) mass is 266 g/mol. The molecule has 1 unspecified atom stereocenters. The van der Waals surface area contributed by atoms with Gasteiger partial charge in [0.2, 0.25) is 0 Å². The van der Waals surface area contributed by atoms with Gasteiger partial charge in [-0.3, -0.25) is 4.79 Å². The molecule has 0 saturated heterocycles. The Bertz CT molecular complexity index is 403. The summed E-state index contributed by atoms with van der Waals surface area (Å²) in [6, 6.07) is 6.91. The SMILES string of the molecule is CCOC(C)Oc1ccc(OC(=O)C(C)(C)C)cc1. The van der Waals surface area contributed by atoms with Gasteiger partial charge in [-0.2, -0.15) is 0 Å². The highest BCUT2D eigenvalue weighted by Crippen LogP contribution is 2.22. The number of hydrogen-bond acceptors (Lipinski definition) is 4. The van der Waals surface area contributed by atoms with E-state index in [4.69, 9.17) is 14.2 Å². The van der Waals surface area contributed by atoms with Crippen LogP contribution in [0.4, 0.5) is 0 Å². The van der Waals surface area contributed by atoms with E-state index < -0.39 is 5.41 Å². The fourth-order valence-corrected chi connectivity index (χ4v) is 1.31. The molecule has 4 nitrogen and oxygen atoms in total. The van der Waals surface area contributed by atoms with Gasteiger partial charge < -0.3 is 14.2 Å². The van der Waals surface area contributed by atoms with E-state index in [-0.39, 0.29) is 12.3 Å². The van der Waals surface area contributed by atoms with E-state index in [0.717, 1.165) is 0 Å². The molecule has 1 aromatic rings. The van der Waals surface area contributed by atoms with Crippen LogP contribution in [-0.4, -0.2) is 18.9 Å². The maximum Gasteiger partial charge on any atom is 0.316 e. The Balaban J connectivity index is 2.59. The first kappa shape index (κ1) is 15.5. The highest BCUT2D eigenvalue weighted by molar-refractivity contribution is 5.77. The van der Waals surface area contributed by atoms with Crippen molar-refractivity contribution < 1.29 is 19.0 Å². The molecule has 0 aliphatic rings. The molecule has 0 aliphatic carbocycles. The van der Waals surface area contributed by atoms with E-state index in [1.54, 1.807) is 24.3 Å². The van der Waals surface area contributed by atoms with Crippen LogP contribution in [-0.2, 0) is 9.53 Å². The Morgan fingerprint density at radius 3 is 2.16 bits per heavy atom. The average Bonchev–Trinajstić information content (AvgIpc) is 2.30. The molecule has 0 aromatic heterocycles. The van der Waals surface area contributed by atoms with Gasteiger partial charge in [-0.15, -0.1) is 0 Å². The van der Waals surface area contributed by atoms with Gasteiger partial charge >= 0.3 is 5.97 Å². The smallest absolute Gasteiger partial charge is 0.316 e. The van der Waals surface area contributed by atoms with Crippen molar-refractivity contribution in [3.8, 4) is 11.5 Å². The zero-order chi connectivity index (χ0) is 14.5. The van der Waals surface area contributed by atoms with Gasteiger partial charge in [0.15, 0.2) is 6.29 Å². The largest absolute Gasteiger partial charge is 0.465 e. The predicted octanol–water partition coefficient (Wildman–Crippen LogP) is 3.40. The van der Waals surface area contributed by atoms with Crippen LogP contribution in [0, 0.1) is 5.41 Å². The molecule has 0 spiro atoms. The van der Waals surface area contributed by atoms with Crippen LogP contribution >= 0.6 is 0 Å². The Labute approximate surface area is 114 Å². The van der Waals surface area contributed by atoms with Gasteiger partial charge in [0.05, 0.1) is 5.41 Å². The standard InChI is InChI=1S/C15H22O4/c1-6-17-11(2)18-12-7-9-13(10-8-12)19-14(16)15(3,4)5/h7-11H,6H2,1-5H3. The van der Waals surface area contributed by atoms with E-state index >= 15 is 0 Å². The molecule has 0 N–H and O–H groups in total. The summed E-state index contributed by atoms with van der Waals surface area (Å²) in [5.41, 5.74) is -0.515. The second kappa shape index (κ2) is 6.57. The summed E-state index contributed by atoms with van der Waals surface area (Å²) in [6.07, 6.45) is -0.298. The summed E-state index contributed by atoms with van der Waals surface area (Å²) < 4.78 is 16.1. The van der Waals surface area contributed by atoms with Crippen LogP contribution in [0.3, 0.4) is 0 Å². The van der Waals surface area contributed by atoms with Crippen molar-refractivity contribution in [2.45, 2.75) is 40.9 Å². The molecule has 0 heterocycles. The third-order valence-corrected chi connectivity index (χ3v) is 2.35. The minimum absolute atomic E-state index is 0.260. The highest BCUT2D eigenvalue weighted by Gasteiger charge is 2.23. The van der Waals surface area contributed by atoms with E-state index in [2.05, 4.69) is 0 Å². The Morgan fingerprint density at radius 2 is 1.68 bits per heavy atom. The lowest BCUT2D eigenvalue weighted by molar-refractivity contribution is -0.143. The normalized spacial score (nSPS) is 12.9. The molecule has 1 rings (SSSR count). The molecule has 19 heavy (non-hydrogen) atoms. The Kier molecular flexibility index (Phi) is 5.36. The maximum atomic E-state index is 11.7. The minimum Gasteiger partial charge on any atom is -0.465 e. The van der Waals surface area contributed by atoms with Crippen molar-refractivity contribution in [2.24, 2.45) is 5.41 Å². The van der Waals surface area contributed by atoms with Crippen LogP contribution < -0.4 is 9.47 Å². The Morgan fingerprint density at radius 1 is 1.16 bits per heavy atom. The van der Waals surface area contributed by atoms with Crippen molar-refractivity contribution in [1.29, 1.82) is 0 Å². The van der Waals surface area contributed by atoms with Crippen LogP contribution in [0.5, 0.6) is 11.5 Å². The highest BCUT2D eigenvalue weighted by atomic mass is 16.7. The summed E-state index contributed by atoms with van der Waals surface area (Å²) in [5, 5.41) is 0. The van der Waals surface area contributed by atoms with Crippen molar-refractivity contribution in [1.82, 2.24) is 0 Å². The van der Waals surface area contributed by atoms with Gasteiger partial charge in [0.25, 0.3) is 0 Å². The molecule has 0 saturated carbocycles. The molecule has 4 heteroatoms. The number of carbonyl (C=O) groups excluding carboxylic acids is 1. The third kappa shape index (κ3) is 5.30. The number of carbonyl (C=O) groups is 1. The predicted molar refractivity (Wildman–Crippen MR) is 73.2 cm³/mol. The summed E-state index contributed by atoms with van der Waals surface area (Å²) in [7, 11) is 0. The average molecular weight is 266 g/mol. The molecule has 1 aromatic carbocycles. The maximum absolute atomic E-state index is 11.7. The zero-order valence-electron chi connectivity index (χ0n) is 12.2. The second-order valence-electron chi connectivity index (χ2n) is 5.25. The van der Waals surface area contributed by atoms with E-state index in [1.807, 2.05) is 34.6 Å². The number of hydrogen-bond donors (Lipinski definition) is 0. The first-order valence-electron chi connectivity index (χ1n) is 6.43. The second-order valence-corrected chi connectivity index (χ2v) is 5.25. The van der Waals surface area contributed by atoms with Gasteiger partial charge in [-0.05, 0) is 58.9 Å². The summed E-state index contributed by atoms with van der Waals surface area (Å²) >= 11 is 0. The fourth-order valence-electron chi connectivity index (χ4n) is 1.31. The van der Waals surface area contributed by atoms with E-state index in [1.165, 1.54) is 0 Å². The molecule has 0 amide bonds. The first-order chi connectivity index (χ1) is 8.82. The lowest BCUT2D eigenvalue weighted by Crippen LogP contribution is -2.25. The lowest BCUT2D eigenvalue weighted by Gasteiger charge is -2.17. The van der Waals surface area contributed by atoms with Crippen LogP contribution in [0.2, 0.25) is 0 Å². The lowest BCUT2D eigenvalue weighted by atomic mass is 9.97. The Hall–Kier alpha value is -1.55. The number of benzene rings is 1. The van der Waals surface area contributed by atoms with Crippen molar-refractivity contribution >= 4 is 5.97 Å². The topological polar surface area (TPSA) is 44.8 Å². The fraction of sp³-hybridized carbons (Fsp3) is 0.533. The van der Waals surface area contributed by atoms with Crippen LogP contribution in [0.25, 0.3) is 0 Å². The molecule has 0 fully saturated rings. The molecule has 0 bridgehead atoms. The van der Waals surface area contributed by atoms with Crippen molar-refractivity contribution in [3.63, 3.8) is 0 Å². The van der Waals surface area contributed by atoms with Crippen LogP contribution in [0.1, 0.15) is 34.6 Å². The summed E-state index contributed by atoms with van der Waals surface area (Å²) in [6.45, 7) is 9.79. The number of esters is 1. The van der Waals surface area contributed by atoms with Crippen LogP contribution in [0.15, 0.2) is 24.3 Å². The molecule has 106 valence electrons. The van der Waals surface area contributed by atoms with E-state index in [0.29, 0.717) is 18.1 Å². The molecule has 0 aliphatic heterocycles. The number of ether oxygens (including phenoxy) is 3. The van der Waals surface area contributed by atoms with Gasteiger partial charge in [-0.25, -0.2) is 0 Å². The molecule has 1 atom stereocenters. The quantitative estimate of drug-likeness (QED) is 0.465. The van der Waals surface area contributed by atoms with Crippen molar-refractivity contribution in [2.75, 3.05) is 6.61 Å². The van der Waals surface area contributed by atoms with Gasteiger partial charge in [0.1, 0.15) is 11.5 Å². The molecular formula is C15H22O4. The third-order valence-electron chi connectivity index (χ3n) is 2.35. The van der Waals surface area contributed by atoms with Gasteiger partial charge in [-0.1, -0.05) is 0 Å².